The molecule has 1 N–H and O–H groups in total. The molecule has 4 heterocycles. The molecule has 0 aliphatic carbocycles. The minimum Gasteiger partial charge on any atom is -0.359 e. The normalized spacial score (nSPS) is 19.3. The summed E-state index contributed by atoms with van der Waals surface area (Å²) < 4.78 is 0. The Morgan fingerprint density at radius 2 is 1.65 bits per heavy atom. The molecule has 0 aromatic carbocycles. The van der Waals surface area contributed by atoms with Crippen LogP contribution in [0.15, 0.2) is 24.0 Å². The smallest absolute Gasteiger partial charge is 0.182 e. The fraction of sp³-hybridized carbons (Fsp3) is 0.562. The van der Waals surface area contributed by atoms with Crippen LogP contribution in [0, 0.1) is 0 Å². The number of thiazole rings is 1. The third kappa shape index (κ3) is 3.39. The van der Waals surface area contributed by atoms with Crippen LogP contribution in [0.3, 0.4) is 0 Å². The van der Waals surface area contributed by atoms with Gasteiger partial charge in [-0.05, 0) is 25.7 Å². The molecule has 2 aliphatic rings. The van der Waals surface area contributed by atoms with E-state index in [4.69, 9.17) is 0 Å². The van der Waals surface area contributed by atoms with E-state index in [9.17, 15) is 0 Å². The molecule has 4 rings (SSSR count). The van der Waals surface area contributed by atoms with Gasteiger partial charge in [0.15, 0.2) is 5.13 Å². The third-order valence-electron chi connectivity index (χ3n) is 4.65. The Bertz CT molecular complexity index is 617. The number of nitrogens with one attached hydrogen (secondary N) is 1. The number of nitrogens with zero attached hydrogens (tertiary/aromatic N) is 5. The van der Waals surface area contributed by atoms with Crippen molar-refractivity contribution in [2.45, 2.75) is 31.7 Å². The summed E-state index contributed by atoms with van der Waals surface area (Å²) in [5, 5.41) is 6.57. The first kappa shape index (κ1) is 14.7. The molecule has 2 fully saturated rings. The molecule has 7 heteroatoms. The van der Waals surface area contributed by atoms with Gasteiger partial charge in [0.2, 0.25) is 0 Å². The van der Waals surface area contributed by atoms with E-state index >= 15 is 0 Å². The van der Waals surface area contributed by atoms with Gasteiger partial charge in [-0.2, -0.15) is 0 Å². The van der Waals surface area contributed by atoms with Gasteiger partial charge in [-0.3, -0.25) is 0 Å². The van der Waals surface area contributed by atoms with Gasteiger partial charge in [-0.1, -0.05) is 0 Å². The number of aromatic nitrogens is 3. The Balaban J connectivity index is 1.37. The molecular weight excluding hydrogens is 308 g/mol. The van der Waals surface area contributed by atoms with E-state index in [1.165, 1.54) is 12.8 Å². The van der Waals surface area contributed by atoms with Crippen LogP contribution >= 0.6 is 11.3 Å². The van der Waals surface area contributed by atoms with Crippen LogP contribution in [0.25, 0.3) is 0 Å². The minimum atomic E-state index is 0.511. The van der Waals surface area contributed by atoms with Gasteiger partial charge in [0.05, 0.1) is 0 Å². The summed E-state index contributed by atoms with van der Waals surface area (Å²) in [6.45, 7) is 4.30. The fourth-order valence-electron chi connectivity index (χ4n) is 3.35. The Hall–Kier alpha value is -1.89. The quantitative estimate of drug-likeness (QED) is 0.930. The van der Waals surface area contributed by atoms with E-state index in [0.717, 1.165) is 55.8 Å². The van der Waals surface area contributed by atoms with Crippen LogP contribution in [0.5, 0.6) is 0 Å². The van der Waals surface area contributed by atoms with Crippen molar-refractivity contribution >= 4 is 28.1 Å². The maximum atomic E-state index is 4.49. The van der Waals surface area contributed by atoms with Gasteiger partial charge in [-0.15, -0.1) is 11.3 Å². The van der Waals surface area contributed by atoms with Crippen molar-refractivity contribution in [3.8, 4) is 0 Å². The van der Waals surface area contributed by atoms with Crippen LogP contribution in [0.4, 0.5) is 16.8 Å². The van der Waals surface area contributed by atoms with Crippen LogP contribution in [-0.2, 0) is 0 Å². The lowest BCUT2D eigenvalue weighted by molar-refractivity contribution is 0.523. The summed E-state index contributed by atoms with van der Waals surface area (Å²) in [6.07, 6.45) is 8.33. The number of hydrogen-bond acceptors (Lipinski definition) is 7. The second kappa shape index (κ2) is 6.70. The van der Waals surface area contributed by atoms with Gasteiger partial charge in [0.25, 0.3) is 0 Å². The molecule has 122 valence electrons. The van der Waals surface area contributed by atoms with Crippen molar-refractivity contribution < 1.29 is 0 Å². The maximum Gasteiger partial charge on any atom is 0.182 e. The molecule has 2 saturated heterocycles. The number of anilines is 3. The monoisotopic (exact) mass is 330 g/mol. The number of hydrogen-bond donors (Lipinski definition) is 1. The van der Waals surface area contributed by atoms with E-state index in [1.807, 2.05) is 11.6 Å². The molecule has 2 aromatic heterocycles. The first-order valence-electron chi connectivity index (χ1n) is 8.36. The molecule has 0 spiro atoms. The summed E-state index contributed by atoms with van der Waals surface area (Å²) in [7, 11) is 0. The molecule has 2 aromatic rings. The molecule has 0 amide bonds. The molecule has 0 unspecified atom stereocenters. The van der Waals surface area contributed by atoms with Crippen LogP contribution in [-0.4, -0.2) is 47.2 Å². The van der Waals surface area contributed by atoms with Crippen molar-refractivity contribution in [3.05, 3.63) is 24.0 Å². The average Bonchev–Trinajstić information content (AvgIpc) is 3.29. The number of piperidine rings is 1. The predicted molar refractivity (Wildman–Crippen MR) is 94.5 cm³/mol. The Morgan fingerprint density at radius 1 is 0.957 bits per heavy atom. The molecule has 0 radical (unpaired) electrons. The highest BCUT2D eigenvalue weighted by molar-refractivity contribution is 7.13. The van der Waals surface area contributed by atoms with E-state index in [0.29, 0.717) is 6.04 Å². The predicted octanol–water partition coefficient (Wildman–Crippen LogP) is 2.61. The lowest BCUT2D eigenvalue weighted by atomic mass is 10.1. The zero-order valence-corrected chi connectivity index (χ0v) is 14.0. The standard InChI is InChI=1S/C16H22N6S/c1-2-7-21(6-1)14-11-15(19-12-18-14)22-8-3-13(4-9-22)20-16-17-5-10-23-16/h5,10-13H,1-4,6-9H2,(H,17,20). The van der Waals surface area contributed by atoms with Crippen LogP contribution in [0.2, 0.25) is 0 Å². The highest BCUT2D eigenvalue weighted by Gasteiger charge is 2.22. The van der Waals surface area contributed by atoms with Gasteiger partial charge in [0, 0.05) is 49.9 Å². The summed E-state index contributed by atoms with van der Waals surface area (Å²) >= 11 is 1.67. The summed E-state index contributed by atoms with van der Waals surface area (Å²) in [6, 6.07) is 2.66. The zero-order valence-electron chi connectivity index (χ0n) is 13.2. The molecule has 23 heavy (non-hydrogen) atoms. The van der Waals surface area contributed by atoms with Gasteiger partial charge >= 0.3 is 0 Å². The highest BCUT2D eigenvalue weighted by atomic mass is 32.1. The second-order valence-electron chi connectivity index (χ2n) is 6.17. The zero-order chi connectivity index (χ0) is 15.5. The highest BCUT2D eigenvalue weighted by Crippen LogP contribution is 2.25. The van der Waals surface area contributed by atoms with E-state index in [-0.39, 0.29) is 0 Å². The van der Waals surface area contributed by atoms with Crippen molar-refractivity contribution in [1.29, 1.82) is 0 Å². The first-order valence-corrected chi connectivity index (χ1v) is 9.24. The van der Waals surface area contributed by atoms with E-state index in [1.54, 1.807) is 17.7 Å². The van der Waals surface area contributed by atoms with Gasteiger partial charge in [0.1, 0.15) is 18.0 Å². The fourth-order valence-corrected chi connectivity index (χ4v) is 3.96. The minimum absolute atomic E-state index is 0.511. The third-order valence-corrected chi connectivity index (χ3v) is 5.35. The summed E-state index contributed by atoms with van der Waals surface area (Å²) in [5.41, 5.74) is 0. The Labute approximate surface area is 140 Å². The Kier molecular flexibility index (Phi) is 4.28. The lowest BCUT2D eigenvalue weighted by Crippen LogP contribution is -2.39. The van der Waals surface area contributed by atoms with E-state index < -0.39 is 0 Å². The molecular formula is C16H22N6S. The molecule has 6 nitrogen and oxygen atoms in total. The van der Waals surface area contributed by atoms with Gasteiger partial charge in [-0.25, -0.2) is 15.0 Å². The summed E-state index contributed by atoms with van der Waals surface area (Å²) in [5.74, 6) is 2.14. The lowest BCUT2D eigenvalue weighted by Gasteiger charge is -2.33. The first-order chi connectivity index (χ1) is 11.4. The molecule has 2 aliphatic heterocycles. The van der Waals surface area contributed by atoms with Crippen molar-refractivity contribution in [3.63, 3.8) is 0 Å². The van der Waals surface area contributed by atoms with E-state index in [2.05, 4.69) is 36.1 Å². The number of rotatable bonds is 4. The molecule has 0 atom stereocenters. The summed E-state index contributed by atoms with van der Waals surface area (Å²) in [4.78, 5) is 18.0. The van der Waals surface area contributed by atoms with Crippen molar-refractivity contribution in [1.82, 2.24) is 15.0 Å². The SMILES string of the molecule is c1nc(N2CCCC2)cc(N2CCC(Nc3nccs3)CC2)n1. The average molecular weight is 330 g/mol. The molecule has 0 saturated carbocycles. The largest absolute Gasteiger partial charge is 0.359 e. The Morgan fingerprint density at radius 3 is 2.30 bits per heavy atom. The van der Waals surface area contributed by atoms with Crippen molar-refractivity contribution in [2.24, 2.45) is 0 Å². The van der Waals surface area contributed by atoms with Crippen LogP contribution in [0.1, 0.15) is 25.7 Å². The van der Waals surface area contributed by atoms with Crippen molar-refractivity contribution in [2.75, 3.05) is 41.3 Å². The topological polar surface area (TPSA) is 57.2 Å². The second-order valence-corrected chi connectivity index (χ2v) is 7.07. The maximum absolute atomic E-state index is 4.49. The van der Waals surface area contributed by atoms with Crippen LogP contribution < -0.4 is 15.1 Å². The van der Waals surface area contributed by atoms with Gasteiger partial charge < -0.3 is 15.1 Å². The molecule has 0 bridgehead atoms.